The van der Waals surface area contributed by atoms with Crippen LogP contribution in [0.4, 0.5) is 5.69 Å². The highest BCUT2D eigenvalue weighted by atomic mass is 16.8. The summed E-state index contributed by atoms with van der Waals surface area (Å²) in [7, 11) is 0. The number of anilines is 1. The van der Waals surface area contributed by atoms with Crippen molar-refractivity contribution in [2.75, 3.05) is 5.23 Å². The predicted octanol–water partition coefficient (Wildman–Crippen LogP) is 4.24. The predicted molar refractivity (Wildman–Crippen MR) is 76.6 cm³/mol. The molecule has 0 fully saturated rings. The molecule has 2 aromatic carbocycles. The van der Waals surface area contributed by atoms with Crippen molar-refractivity contribution in [3.05, 3.63) is 54.1 Å². The standard InChI is InChI=1S/C16H19NO2/c1-16(2,3)13-10-8-12(9-11-13)14-6-4-5-7-15(14)17(18)19/h4-11,18-19H,1-3H3. The third-order valence-corrected chi connectivity index (χ3v) is 3.18. The third-order valence-electron chi connectivity index (χ3n) is 3.18. The lowest BCUT2D eigenvalue weighted by atomic mass is 9.86. The molecule has 0 saturated heterocycles. The number of benzene rings is 2. The zero-order valence-electron chi connectivity index (χ0n) is 11.5. The molecule has 0 aliphatic carbocycles. The second-order valence-electron chi connectivity index (χ2n) is 5.63. The van der Waals surface area contributed by atoms with Crippen LogP contribution in [-0.2, 0) is 5.41 Å². The van der Waals surface area contributed by atoms with Crippen LogP contribution in [0.2, 0.25) is 0 Å². The minimum Gasteiger partial charge on any atom is -0.264 e. The first kappa shape index (κ1) is 13.6. The quantitative estimate of drug-likeness (QED) is 0.791. The van der Waals surface area contributed by atoms with Crippen molar-refractivity contribution >= 4 is 5.69 Å². The van der Waals surface area contributed by atoms with Crippen molar-refractivity contribution in [2.45, 2.75) is 26.2 Å². The molecule has 100 valence electrons. The molecule has 0 spiro atoms. The maximum atomic E-state index is 9.24. The van der Waals surface area contributed by atoms with Crippen LogP contribution in [0.25, 0.3) is 11.1 Å². The number of para-hydroxylation sites is 1. The van der Waals surface area contributed by atoms with Gasteiger partial charge in [0.1, 0.15) is 5.69 Å². The van der Waals surface area contributed by atoms with E-state index in [1.54, 1.807) is 12.1 Å². The SMILES string of the molecule is CC(C)(C)c1ccc(-c2ccccc2N(O)O)cc1. The fraction of sp³-hybridized carbons (Fsp3) is 0.250. The minimum absolute atomic E-state index is 0.109. The molecular formula is C16H19NO2. The largest absolute Gasteiger partial charge is 0.264 e. The Morgan fingerprint density at radius 1 is 0.842 bits per heavy atom. The molecule has 0 heterocycles. The van der Waals surface area contributed by atoms with Gasteiger partial charge in [-0.2, -0.15) is 0 Å². The first-order chi connectivity index (χ1) is 8.89. The summed E-state index contributed by atoms with van der Waals surface area (Å²) in [6, 6.07) is 15.3. The van der Waals surface area contributed by atoms with Crippen LogP contribution < -0.4 is 5.23 Å². The molecular weight excluding hydrogens is 238 g/mol. The molecule has 0 amide bonds. The Morgan fingerprint density at radius 3 is 1.95 bits per heavy atom. The zero-order chi connectivity index (χ0) is 14.0. The molecule has 0 atom stereocenters. The molecule has 2 aromatic rings. The topological polar surface area (TPSA) is 43.7 Å². The second-order valence-corrected chi connectivity index (χ2v) is 5.63. The molecule has 3 nitrogen and oxygen atoms in total. The highest BCUT2D eigenvalue weighted by molar-refractivity contribution is 5.77. The molecule has 0 aliphatic rings. The van der Waals surface area contributed by atoms with Gasteiger partial charge in [-0.05, 0) is 22.6 Å². The molecule has 0 unspecified atom stereocenters. The smallest absolute Gasteiger partial charge is 0.102 e. The van der Waals surface area contributed by atoms with Gasteiger partial charge in [-0.3, -0.25) is 10.4 Å². The van der Waals surface area contributed by atoms with Gasteiger partial charge in [0.05, 0.1) is 0 Å². The van der Waals surface area contributed by atoms with E-state index in [4.69, 9.17) is 0 Å². The number of nitrogens with zero attached hydrogens (tertiary/aromatic N) is 1. The summed E-state index contributed by atoms with van der Waals surface area (Å²) >= 11 is 0. The summed E-state index contributed by atoms with van der Waals surface area (Å²) in [6.45, 7) is 6.50. The normalized spacial score (nSPS) is 11.4. The lowest BCUT2D eigenvalue weighted by molar-refractivity contribution is 0.0295. The van der Waals surface area contributed by atoms with Crippen molar-refractivity contribution in [1.29, 1.82) is 0 Å². The van der Waals surface area contributed by atoms with Gasteiger partial charge in [-0.25, -0.2) is 0 Å². The van der Waals surface area contributed by atoms with Crippen LogP contribution in [-0.4, -0.2) is 10.4 Å². The van der Waals surface area contributed by atoms with Gasteiger partial charge in [0.25, 0.3) is 0 Å². The Balaban J connectivity index is 2.43. The van der Waals surface area contributed by atoms with Gasteiger partial charge in [0.15, 0.2) is 0 Å². The number of hydrogen-bond acceptors (Lipinski definition) is 3. The molecule has 2 rings (SSSR count). The number of hydrogen-bond donors (Lipinski definition) is 2. The third kappa shape index (κ3) is 2.95. The Morgan fingerprint density at radius 2 is 1.42 bits per heavy atom. The maximum Gasteiger partial charge on any atom is 0.102 e. The van der Waals surface area contributed by atoms with Crippen LogP contribution in [0.15, 0.2) is 48.5 Å². The van der Waals surface area contributed by atoms with E-state index in [1.165, 1.54) is 5.56 Å². The van der Waals surface area contributed by atoms with E-state index in [0.29, 0.717) is 5.69 Å². The van der Waals surface area contributed by atoms with Crippen molar-refractivity contribution in [1.82, 2.24) is 0 Å². The Kier molecular flexibility index (Phi) is 3.60. The van der Waals surface area contributed by atoms with Crippen molar-refractivity contribution in [3.8, 4) is 11.1 Å². The molecule has 2 N–H and O–H groups in total. The van der Waals surface area contributed by atoms with E-state index >= 15 is 0 Å². The second kappa shape index (κ2) is 5.03. The molecule has 0 bridgehead atoms. The molecule has 0 saturated carbocycles. The highest BCUT2D eigenvalue weighted by Gasteiger charge is 2.14. The average Bonchev–Trinajstić information content (AvgIpc) is 2.38. The van der Waals surface area contributed by atoms with Gasteiger partial charge < -0.3 is 0 Å². The molecule has 3 heteroatoms. The molecule has 0 radical (unpaired) electrons. The van der Waals surface area contributed by atoms with Crippen LogP contribution in [0, 0.1) is 0 Å². The Labute approximate surface area is 113 Å². The summed E-state index contributed by atoms with van der Waals surface area (Å²) < 4.78 is 0. The Bertz CT molecular complexity index is 554. The van der Waals surface area contributed by atoms with Gasteiger partial charge in [0.2, 0.25) is 0 Å². The fourth-order valence-corrected chi connectivity index (χ4v) is 2.04. The van der Waals surface area contributed by atoms with E-state index in [0.717, 1.165) is 11.1 Å². The van der Waals surface area contributed by atoms with E-state index < -0.39 is 0 Å². The van der Waals surface area contributed by atoms with Crippen LogP contribution >= 0.6 is 0 Å². The van der Waals surface area contributed by atoms with Gasteiger partial charge in [0, 0.05) is 5.56 Å². The summed E-state index contributed by atoms with van der Waals surface area (Å²) in [4.78, 5) is 0. The molecule has 19 heavy (non-hydrogen) atoms. The van der Waals surface area contributed by atoms with Crippen LogP contribution in [0.1, 0.15) is 26.3 Å². The average molecular weight is 257 g/mol. The fourth-order valence-electron chi connectivity index (χ4n) is 2.04. The first-order valence-electron chi connectivity index (χ1n) is 6.27. The Hall–Kier alpha value is -1.84. The summed E-state index contributed by atoms with van der Waals surface area (Å²) in [5.41, 5.74) is 3.46. The van der Waals surface area contributed by atoms with Gasteiger partial charge in [-0.15, -0.1) is 5.23 Å². The van der Waals surface area contributed by atoms with E-state index in [2.05, 4.69) is 32.9 Å². The molecule has 0 aliphatic heterocycles. The first-order valence-corrected chi connectivity index (χ1v) is 6.27. The van der Waals surface area contributed by atoms with Gasteiger partial charge >= 0.3 is 0 Å². The lowest BCUT2D eigenvalue weighted by Gasteiger charge is -2.20. The van der Waals surface area contributed by atoms with E-state index in [-0.39, 0.29) is 10.6 Å². The number of rotatable bonds is 2. The monoisotopic (exact) mass is 257 g/mol. The van der Waals surface area contributed by atoms with Crippen molar-refractivity contribution in [3.63, 3.8) is 0 Å². The summed E-state index contributed by atoms with van der Waals surface area (Å²) in [5.74, 6) is 0. The van der Waals surface area contributed by atoms with Crippen LogP contribution in [0.3, 0.4) is 0 Å². The zero-order valence-corrected chi connectivity index (χ0v) is 11.5. The van der Waals surface area contributed by atoms with E-state index in [1.807, 2.05) is 24.3 Å². The van der Waals surface area contributed by atoms with Crippen molar-refractivity contribution in [2.24, 2.45) is 0 Å². The van der Waals surface area contributed by atoms with Crippen molar-refractivity contribution < 1.29 is 10.4 Å². The van der Waals surface area contributed by atoms with E-state index in [9.17, 15) is 10.4 Å². The van der Waals surface area contributed by atoms with Gasteiger partial charge in [-0.1, -0.05) is 63.2 Å². The maximum absolute atomic E-state index is 9.24. The summed E-state index contributed by atoms with van der Waals surface area (Å²) in [5, 5.41) is 18.6. The molecule has 0 aromatic heterocycles. The highest BCUT2D eigenvalue weighted by Crippen LogP contribution is 2.31. The summed E-state index contributed by atoms with van der Waals surface area (Å²) in [6.07, 6.45) is 0. The lowest BCUT2D eigenvalue weighted by Crippen LogP contribution is -2.12. The minimum atomic E-state index is 0.109. The van der Waals surface area contributed by atoms with Crippen LogP contribution in [0.5, 0.6) is 0 Å².